The van der Waals surface area contributed by atoms with Crippen LogP contribution in [0.15, 0.2) is 36.5 Å². The first-order chi connectivity index (χ1) is 8.76. The van der Waals surface area contributed by atoms with Crippen LogP contribution in [-0.4, -0.2) is 11.3 Å². The van der Waals surface area contributed by atoms with Crippen molar-refractivity contribution in [3.8, 4) is 17.6 Å². The first-order valence-electron chi connectivity index (χ1n) is 5.34. The summed E-state index contributed by atoms with van der Waals surface area (Å²) in [6.07, 6.45) is 2.28. The van der Waals surface area contributed by atoms with E-state index in [1.807, 2.05) is 6.07 Å². The zero-order chi connectivity index (χ0) is 13.0. The molecular formula is C14H10N2O2. The lowest BCUT2D eigenvalue weighted by atomic mass is 10.2. The topological polar surface area (TPSA) is 63.0 Å². The van der Waals surface area contributed by atoms with Gasteiger partial charge in [0.05, 0.1) is 11.3 Å². The second-order valence-corrected chi connectivity index (χ2v) is 3.64. The normalized spacial score (nSPS) is 9.56. The van der Waals surface area contributed by atoms with Crippen molar-refractivity contribution in [2.24, 2.45) is 0 Å². The maximum absolute atomic E-state index is 10.9. The molecule has 1 heterocycles. The Morgan fingerprint density at radius 2 is 2.06 bits per heavy atom. The summed E-state index contributed by atoms with van der Waals surface area (Å²) < 4.78 is 5.61. The lowest BCUT2D eigenvalue weighted by Gasteiger charge is -2.09. The third kappa shape index (κ3) is 2.20. The fourth-order valence-electron chi connectivity index (χ4n) is 1.55. The number of carbonyl (C=O) groups excluding carboxylic acids is 1. The van der Waals surface area contributed by atoms with Crippen LogP contribution < -0.4 is 4.74 Å². The van der Waals surface area contributed by atoms with Crippen LogP contribution in [0.25, 0.3) is 0 Å². The zero-order valence-electron chi connectivity index (χ0n) is 9.75. The molecule has 0 N–H and O–H groups in total. The number of carbonyl (C=O) groups is 1. The highest BCUT2D eigenvalue weighted by Crippen LogP contribution is 2.27. The number of hydrogen-bond donors (Lipinski definition) is 0. The molecule has 0 atom stereocenters. The van der Waals surface area contributed by atoms with Crippen molar-refractivity contribution in [2.45, 2.75) is 6.92 Å². The Labute approximate surface area is 104 Å². The Hall–Kier alpha value is -2.67. The van der Waals surface area contributed by atoms with Gasteiger partial charge in [0, 0.05) is 12.3 Å². The molecule has 0 fully saturated rings. The molecule has 0 unspecified atom stereocenters. The van der Waals surface area contributed by atoms with Gasteiger partial charge in [0.1, 0.15) is 23.1 Å². The lowest BCUT2D eigenvalue weighted by molar-refractivity contribution is 0.112. The summed E-state index contributed by atoms with van der Waals surface area (Å²) in [7, 11) is 0. The van der Waals surface area contributed by atoms with Gasteiger partial charge in [-0.3, -0.25) is 9.78 Å². The fourth-order valence-corrected chi connectivity index (χ4v) is 1.55. The van der Waals surface area contributed by atoms with Gasteiger partial charge in [-0.05, 0) is 19.1 Å². The Morgan fingerprint density at radius 3 is 2.78 bits per heavy atom. The minimum Gasteiger partial charge on any atom is -0.455 e. The molecule has 0 radical (unpaired) electrons. The fraction of sp³-hybridized carbons (Fsp3) is 0.0714. The first kappa shape index (κ1) is 11.8. The van der Waals surface area contributed by atoms with Crippen LogP contribution in [0.2, 0.25) is 0 Å². The predicted molar refractivity (Wildman–Crippen MR) is 65.6 cm³/mol. The summed E-state index contributed by atoms with van der Waals surface area (Å²) in [5.41, 5.74) is 1.41. The van der Waals surface area contributed by atoms with E-state index in [4.69, 9.17) is 10.00 Å². The van der Waals surface area contributed by atoms with Gasteiger partial charge in [-0.1, -0.05) is 12.1 Å². The van der Waals surface area contributed by atoms with E-state index >= 15 is 0 Å². The molecular weight excluding hydrogens is 228 g/mol. The Kier molecular flexibility index (Phi) is 3.35. The number of pyridine rings is 1. The van der Waals surface area contributed by atoms with Crippen molar-refractivity contribution < 1.29 is 9.53 Å². The predicted octanol–water partition coefficient (Wildman–Crippen LogP) is 2.87. The van der Waals surface area contributed by atoms with Crippen LogP contribution in [0.4, 0.5) is 0 Å². The molecule has 0 aliphatic carbocycles. The standard InChI is InChI=1S/C14H10N2O2/c1-10-12(8-15)14(6-7-16-10)18-13-5-3-2-4-11(13)9-17/h2-7,9H,1H3. The van der Waals surface area contributed by atoms with Crippen molar-refractivity contribution in [1.82, 2.24) is 4.98 Å². The average Bonchev–Trinajstić information content (AvgIpc) is 2.40. The number of aromatic nitrogens is 1. The van der Waals surface area contributed by atoms with Crippen molar-refractivity contribution in [3.63, 3.8) is 0 Å². The SMILES string of the molecule is Cc1nccc(Oc2ccccc2C=O)c1C#N. The van der Waals surface area contributed by atoms with Gasteiger partial charge in [-0.15, -0.1) is 0 Å². The third-order valence-corrected chi connectivity index (χ3v) is 2.48. The molecule has 0 saturated heterocycles. The maximum Gasteiger partial charge on any atom is 0.153 e. The zero-order valence-corrected chi connectivity index (χ0v) is 9.75. The van der Waals surface area contributed by atoms with Gasteiger partial charge >= 0.3 is 0 Å². The average molecular weight is 238 g/mol. The second kappa shape index (κ2) is 5.11. The van der Waals surface area contributed by atoms with E-state index in [2.05, 4.69) is 4.98 Å². The Morgan fingerprint density at radius 1 is 1.28 bits per heavy atom. The molecule has 4 nitrogen and oxygen atoms in total. The van der Waals surface area contributed by atoms with Gasteiger partial charge < -0.3 is 4.74 Å². The van der Waals surface area contributed by atoms with Crippen LogP contribution in [0, 0.1) is 18.3 Å². The molecule has 4 heteroatoms. The van der Waals surface area contributed by atoms with E-state index in [0.29, 0.717) is 28.3 Å². The van der Waals surface area contributed by atoms with Gasteiger partial charge in [-0.2, -0.15) is 5.26 Å². The summed E-state index contributed by atoms with van der Waals surface area (Å²) in [6.45, 7) is 1.73. The van der Waals surface area contributed by atoms with Crippen molar-refractivity contribution in [3.05, 3.63) is 53.3 Å². The van der Waals surface area contributed by atoms with Crippen LogP contribution in [-0.2, 0) is 0 Å². The smallest absolute Gasteiger partial charge is 0.153 e. The molecule has 88 valence electrons. The molecule has 2 rings (SSSR count). The molecule has 0 bridgehead atoms. The second-order valence-electron chi connectivity index (χ2n) is 3.64. The number of aryl methyl sites for hydroxylation is 1. The lowest BCUT2D eigenvalue weighted by Crippen LogP contribution is -1.95. The number of benzene rings is 1. The van der Waals surface area contributed by atoms with Crippen LogP contribution in [0.5, 0.6) is 11.5 Å². The quantitative estimate of drug-likeness (QED) is 0.771. The van der Waals surface area contributed by atoms with Gasteiger partial charge in [0.15, 0.2) is 6.29 Å². The van der Waals surface area contributed by atoms with Crippen molar-refractivity contribution >= 4 is 6.29 Å². The number of hydrogen-bond acceptors (Lipinski definition) is 4. The summed E-state index contributed by atoms with van der Waals surface area (Å²) >= 11 is 0. The molecule has 0 aliphatic rings. The van der Waals surface area contributed by atoms with Crippen molar-refractivity contribution in [2.75, 3.05) is 0 Å². The number of aldehydes is 1. The summed E-state index contributed by atoms with van der Waals surface area (Å²) in [6, 6.07) is 10.5. The number of para-hydroxylation sites is 1. The highest BCUT2D eigenvalue weighted by molar-refractivity contribution is 5.79. The van der Waals surface area contributed by atoms with Gasteiger partial charge in [0.2, 0.25) is 0 Å². The Balaban J connectivity index is 2.44. The molecule has 0 aliphatic heterocycles. The highest BCUT2D eigenvalue weighted by Gasteiger charge is 2.10. The minimum atomic E-state index is 0.373. The number of nitriles is 1. The molecule has 0 amide bonds. The van der Waals surface area contributed by atoms with E-state index in [0.717, 1.165) is 6.29 Å². The monoisotopic (exact) mass is 238 g/mol. The van der Waals surface area contributed by atoms with E-state index in [1.54, 1.807) is 43.5 Å². The summed E-state index contributed by atoms with van der Waals surface area (Å²) in [5, 5.41) is 9.06. The molecule has 1 aromatic heterocycles. The maximum atomic E-state index is 10.9. The third-order valence-electron chi connectivity index (χ3n) is 2.48. The molecule has 0 saturated carbocycles. The van der Waals surface area contributed by atoms with Crippen LogP contribution in [0.3, 0.4) is 0 Å². The van der Waals surface area contributed by atoms with Gasteiger partial charge in [-0.25, -0.2) is 0 Å². The van der Waals surface area contributed by atoms with E-state index in [9.17, 15) is 4.79 Å². The van der Waals surface area contributed by atoms with Gasteiger partial charge in [0.25, 0.3) is 0 Å². The highest BCUT2D eigenvalue weighted by atomic mass is 16.5. The first-order valence-corrected chi connectivity index (χ1v) is 5.34. The molecule has 18 heavy (non-hydrogen) atoms. The number of rotatable bonds is 3. The van der Waals surface area contributed by atoms with Crippen LogP contribution >= 0.6 is 0 Å². The minimum absolute atomic E-state index is 0.373. The molecule has 2 aromatic rings. The Bertz CT molecular complexity index is 630. The van der Waals surface area contributed by atoms with E-state index < -0.39 is 0 Å². The summed E-state index contributed by atoms with van der Waals surface area (Å²) in [4.78, 5) is 14.9. The van der Waals surface area contributed by atoms with E-state index in [-0.39, 0.29) is 0 Å². The number of ether oxygens (including phenoxy) is 1. The van der Waals surface area contributed by atoms with Crippen LogP contribution in [0.1, 0.15) is 21.6 Å². The molecule has 0 spiro atoms. The number of nitrogens with zero attached hydrogens (tertiary/aromatic N) is 2. The van der Waals surface area contributed by atoms with Crippen molar-refractivity contribution in [1.29, 1.82) is 5.26 Å². The summed E-state index contributed by atoms with van der Waals surface area (Å²) in [5.74, 6) is 0.828. The largest absolute Gasteiger partial charge is 0.455 e. The van der Waals surface area contributed by atoms with E-state index in [1.165, 1.54) is 0 Å². The molecule has 1 aromatic carbocycles.